The highest BCUT2D eigenvalue weighted by Gasteiger charge is 2.29. The van der Waals surface area contributed by atoms with E-state index in [4.69, 9.17) is 5.11 Å². The lowest BCUT2D eigenvalue weighted by Crippen LogP contribution is -2.86. The van der Waals surface area contributed by atoms with Crippen LogP contribution in [0.4, 0.5) is 0 Å². The van der Waals surface area contributed by atoms with Crippen LogP contribution in [0, 0.1) is 0 Å². The van der Waals surface area contributed by atoms with E-state index in [9.17, 15) is 24.3 Å². The molecule has 0 heterocycles. The Bertz CT molecular complexity index is 323. The van der Waals surface area contributed by atoms with Crippen molar-refractivity contribution in [1.29, 1.82) is 0 Å². The van der Waals surface area contributed by atoms with Crippen LogP contribution < -0.4 is 20.8 Å². The molecule has 0 bridgehead atoms. The van der Waals surface area contributed by atoms with E-state index in [1.54, 1.807) is 5.32 Å². The van der Waals surface area contributed by atoms with Gasteiger partial charge in [-0.05, 0) is 19.3 Å². The fourth-order valence-corrected chi connectivity index (χ4v) is 2.12. The van der Waals surface area contributed by atoms with E-state index >= 15 is 0 Å². The summed E-state index contributed by atoms with van der Waals surface area (Å²) in [6.45, 7) is 0.492. The number of quaternary nitrogens is 2. The quantitative estimate of drug-likeness (QED) is 0.206. The molecule has 0 fully saturated rings. The third kappa shape index (κ3) is 9.51. The number of unbranched alkanes of at least 4 members (excludes halogenated alkanes) is 2. The van der Waals surface area contributed by atoms with Gasteiger partial charge in [-0.1, -0.05) is 0 Å². The van der Waals surface area contributed by atoms with Crippen molar-refractivity contribution in [2.24, 2.45) is 0 Å². The highest BCUT2D eigenvalue weighted by molar-refractivity contribution is 7.43. The Labute approximate surface area is 117 Å². The second-order valence-corrected chi connectivity index (χ2v) is 5.49. The topological polar surface area (TPSA) is 174 Å². The molecule has 9 nitrogen and oxygen atoms in total. The van der Waals surface area contributed by atoms with E-state index < -0.39 is 32.4 Å². The highest BCUT2D eigenvalue weighted by Crippen LogP contribution is 2.28. The normalized spacial score (nSPS) is 15.1. The largest absolute Gasteiger partial charge is 0.790 e. The predicted octanol–water partition coefficient (Wildman–Crippen LogP) is -4.90. The van der Waals surface area contributed by atoms with Crippen molar-refractivity contribution < 1.29 is 44.9 Å². The molecule has 10 heteroatoms. The number of aliphatic hydroxyl groups is 2. The second-order valence-electron chi connectivity index (χ2n) is 4.39. The van der Waals surface area contributed by atoms with Crippen LogP contribution in [-0.4, -0.2) is 54.4 Å². The predicted molar refractivity (Wildman–Crippen MR) is 63.8 cm³/mol. The van der Waals surface area contributed by atoms with Gasteiger partial charge in [-0.2, -0.15) is 0 Å². The van der Waals surface area contributed by atoms with Crippen molar-refractivity contribution in [3.05, 3.63) is 0 Å². The lowest BCUT2D eigenvalue weighted by molar-refractivity contribution is -0.644. The molecule has 0 amide bonds. The molecule has 0 aliphatic heterocycles. The number of aliphatic hydroxyl groups excluding tert-OH is 2. The first-order chi connectivity index (χ1) is 9.31. The first-order valence-corrected chi connectivity index (χ1v) is 7.91. The minimum Gasteiger partial charge on any atom is -0.790 e. The maximum absolute atomic E-state index is 11.7. The number of carbonyl (C=O) groups is 1. The first-order valence-electron chi connectivity index (χ1n) is 6.44. The van der Waals surface area contributed by atoms with Gasteiger partial charge >= 0.3 is 0 Å². The number of rotatable bonds is 12. The number of phosphoric ester groups is 1. The average Bonchev–Trinajstić information content (AvgIpc) is 2.37. The molecule has 0 aromatic rings. The first kappa shape index (κ1) is 19.6. The standard InChI is InChI=1S/C10H23N2O7P/c11-4-2-1-3-5-12-6-8(14)10(9(15)7-13)19-20(16,17)18/h9-10,12-13,15H,1-7,11H2,(H2,16,17,18)/t9-,10+/m1/s1. The average molecular weight is 314 g/mol. The van der Waals surface area contributed by atoms with Crippen LogP contribution in [-0.2, 0) is 13.9 Å². The van der Waals surface area contributed by atoms with Gasteiger partial charge in [0.15, 0.2) is 6.10 Å². The summed E-state index contributed by atoms with van der Waals surface area (Å²) < 4.78 is 14.5. The van der Waals surface area contributed by atoms with Gasteiger partial charge in [0, 0.05) is 0 Å². The summed E-state index contributed by atoms with van der Waals surface area (Å²) in [5, 5.41) is 19.7. The van der Waals surface area contributed by atoms with Crippen molar-refractivity contribution >= 4 is 13.6 Å². The number of Topliss-reactive ketones (excluding diaryl/α,β-unsaturated/α-hetero) is 1. The van der Waals surface area contributed by atoms with Crippen molar-refractivity contribution in [2.75, 3.05) is 26.2 Å². The summed E-state index contributed by atoms with van der Waals surface area (Å²) in [6.07, 6.45) is -0.746. The SMILES string of the molecule is [NH3+]CCCCC[NH2+]CC(=O)[C@H](OP(=O)([O-])[O-])[C@H](O)CO. The fraction of sp³-hybridized carbons (Fsp3) is 0.900. The van der Waals surface area contributed by atoms with Gasteiger partial charge in [0.25, 0.3) is 0 Å². The van der Waals surface area contributed by atoms with Gasteiger partial charge in [-0.3, -0.25) is 4.79 Å². The van der Waals surface area contributed by atoms with Gasteiger partial charge < -0.3 is 40.1 Å². The maximum atomic E-state index is 11.7. The van der Waals surface area contributed by atoms with Crippen molar-refractivity contribution in [3.63, 3.8) is 0 Å². The molecule has 0 aromatic carbocycles. The number of hydrogen-bond acceptors (Lipinski definition) is 7. The van der Waals surface area contributed by atoms with Crippen LogP contribution in [0.2, 0.25) is 0 Å². The van der Waals surface area contributed by atoms with Gasteiger partial charge in [0.1, 0.15) is 12.6 Å². The van der Waals surface area contributed by atoms with Gasteiger partial charge in [-0.25, -0.2) is 0 Å². The molecule has 0 aromatic heterocycles. The summed E-state index contributed by atoms with van der Waals surface area (Å²) in [4.78, 5) is 32.7. The van der Waals surface area contributed by atoms with Crippen LogP contribution >= 0.6 is 7.82 Å². The zero-order valence-corrected chi connectivity index (χ0v) is 12.2. The summed E-state index contributed by atoms with van der Waals surface area (Å²) in [6, 6.07) is 0. The molecular weight excluding hydrogens is 291 g/mol. The Balaban J connectivity index is 4.18. The highest BCUT2D eigenvalue weighted by atomic mass is 31.2. The van der Waals surface area contributed by atoms with E-state index in [-0.39, 0.29) is 6.54 Å². The third-order valence-corrected chi connectivity index (χ3v) is 3.09. The van der Waals surface area contributed by atoms with Crippen LogP contribution in [0.5, 0.6) is 0 Å². The Morgan fingerprint density at radius 2 is 2.00 bits per heavy atom. The molecule has 0 radical (unpaired) electrons. The fourth-order valence-electron chi connectivity index (χ4n) is 1.58. The zero-order chi connectivity index (χ0) is 15.6. The Hall–Kier alpha value is -0.380. The number of ketones is 1. The Morgan fingerprint density at radius 3 is 2.50 bits per heavy atom. The summed E-state index contributed by atoms with van der Waals surface area (Å²) in [5.74, 6) is -0.754. The third-order valence-electron chi connectivity index (χ3n) is 2.60. The van der Waals surface area contributed by atoms with E-state index in [1.807, 2.05) is 0 Å². The molecule has 0 spiro atoms. The number of hydrogen-bond donors (Lipinski definition) is 4. The van der Waals surface area contributed by atoms with Gasteiger partial charge in [0.2, 0.25) is 5.78 Å². The Morgan fingerprint density at radius 1 is 1.35 bits per heavy atom. The number of phosphoric acid groups is 1. The lowest BCUT2D eigenvalue weighted by atomic mass is 10.1. The molecular formula is C10H23N2O7P. The molecule has 0 saturated heterocycles. The van der Waals surface area contributed by atoms with Crippen LogP contribution in [0.1, 0.15) is 19.3 Å². The second kappa shape index (κ2) is 10.4. The summed E-state index contributed by atoms with van der Waals surface area (Å²) in [7, 11) is -5.41. The van der Waals surface area contributed by atoms with Crippen molar-refractivity contribution in [2.45, 2.75) is 31.5 Å². The zero-order valence-electron chi connectivity index (χ0n) is 11.3. The maximum Gasteiger partial charge on any atom is 0.218 e. The minimum atomic E-state index is -5.41. The molecule has 20 heavy (non-hydrogen) atoms. The number of carbonyl (C=O) groups excluding carboxylic acids is 1. The molecule has 7 N–H and O–H groups in total. The van der Waals surface area contributed by atoms with Crippen molar-refractivity contribution in [1.82, 2.24) is 0 Å². The molecule has 0 aliphatic carbocycles. The smallest absolute Gasteiger partial charge is 0.218 e. The van der Waals surface area contributed by atoms with Crippen LogP contribution in [0.25, 0.3) is 0 Å². The van der Waals surface area contributed by atoms with E-state index in [2.05, 4.69) is 10.3 Å². The van der Waals surface area contributed by atoms with E-state index in [0.717, 1.165) is 25.8 Å². The van der Waals surface area contributed by atoms with Gasteiger partial charge in [-0.15, -0.1) is 0 Å². The van der Waals surface area contributed by atoms with Crippen LogP contribution in [0.15, 0.2) is 0 Å². The Kier molecular flexibility index (Phi) is 10.2. The van der Waals surface area contributed by atoms with E-state index in [0.29, 0.717) is 6.54 Å². The minimum absolute atomic E-state index is 0.133. The monoisotopic (exact) mass is 314 g/mol. The molecule has 2 atom stereocenters. The van der Waals surface area contributed by atoms with Gasteiger partial charge in [0.05, 0.1) is 27.5 Å². The lowest BCUT2D eigenvalue weighted by Gasteiger charge is -2.33. The molecule has 0 saturated carbocycles. The van der Waals surface area contributed by atoms with Crippen LogP contribution in [0.3, 0.4) is 0 Å². The van der Waals surface area contributed by atoms with Crippen molar-refractivity contribution in [3.8, 4) is 0 Å². The molecule has 120 valence electrons. The number of nitrogens with two attached hydrogens (primary N) is 1. The molecule has 0 aliphatic rings. The molecule has 0 rings (SSSR count). The summed E-state index contributed by atoms with van der Waals surface area (Å²) in [5.41, 5.74) is 3.70. The summed E-state index contributed by atoms with van der Waals surface area (Å²) >= 11 is 0. The van der Waals surface area contributed by atoms with E-state index in [1.165, 1.54) is 0 Å². The molecule has 0 unspecified atom stereocenters.